The number of Topliss-reactive ketones (excluding diaryl/α,β-unsaturated/α-hetero) is 1. The number of aryl methyl sites for hydroxylation is 2. The van der Waals surface area contributed by atoms with Crippen molar-refractivity contribution in [2.75, 3.05) is 0 Å². The van der Waals surface area contributed by atoms with Crippen LogP contribution in [-0.4, -0.2) is 11.2 Å². The Hall–Kier alpha value is -0.820. The zero-order valence-electron chi connectivity index (χ0n) is 8.10. The van der Waals surface area contributed by atoms with E-state index in [0.29, 0.717) is 0 Å². The van der Waals surface area contributed by atoms with Crippen molar-refractivity contribution in [1.29, 1.82) is 0 Å². The average molecular weight is 197 g/mol. The molecule has 0 heterocycles. The summed E-state index contributed by atoms with van der Waals surface area (Å²) >= 11 is 5.76. The van der Waals surface area contributed by atoms with Crippen molar-refractivity contribution in [1.82, 2.24) is 0 Å². The fourth-order valence-electron chi connectivity index (χ4n) is 1.40. The number of alkyl halides is 1. The van der Waals surface area contributed by atoms with Gasteiger partial charge in [0.05, 0.1) is 5.38 Å². The molecule has 0 aliphatic heterocycles. The molecule has 1 unspecified atom stereocenters. The van der Waals surface area contributed by atoms with E-state index in [9.17, 15) is 4.79 Å². The van der Waals surface area contributed by atoms with Crippen LogP contribution in [-0.2, 0) is 0 Å². The lowest BCUT2D eigenvalue weighted by atomic mass is 9.98. The van der Waals surface area contributed by atoms with Crippen LogP contribution < -0.4 is 0 Å². The van der Waals surface area contributed by atoms with Crippen molar-refractivity contribution in [2.45, 2.75) is 26.1 Å². The summed E-state index contributed by atoms with van der Waals surface area (Å²) in [6.45, 7) is 5.56. The third-order valence-corrected chi connectivity index (χ3v) is 2.29. The smallest absolute Gasteiger partial charge is 0.180 e. The Morgan fingerprint density at radius 1 is 1.31 bits per heavy atom. The van der Waals surface area contributed by atoms with Crippen molar-refractivity contribution in [3.63, 3.8) is 0 Å². The Morgan fingerprint density at radius 2 is 1.77 bits per heavy atom. The topological polar surface area (TPSA) is 17.1 Å². The second kappa shape index (κ2) is 3.93. The van der Waals surface area contributed by atoms with E-state index in [1.165, 1.54) is 0 Å². The van der Waals surface area contributed by atoms with E-state index < -0.39 is 5.38 Å². The first-order chi connectivity index (χ1) is 6.04. The van der Waals surface area contributed by atoms with Crippen LogP contribution in [0.1, 0.15) is 28.4 Å². The van der Waals surface area contributed by atoms with Gasteiger partial charge in [-0.2, -0.15) is 0 Å². The molecule has 1 atom stereocenters. The Bertz CT molecular complexity index is 309. The van der Waals surface area contributed by atoms with Gasteiger partial charge in [0.1, 0.15) is 0 Å². The maximum Gasteiger partial charge on any atom is 0.180 e. The van der Waals surface area contributed by atoms with E-state index in [1.807, 2.05) is 32.0 Å². The summed E-state index contributed by atoms with van der Waals surface area (Å²) in [7, 11) is 0. The monoisotopic (exact) mass is 196 g/mol. The van der Waals surface area contributed by atoms with E-state index in [1.54, 1.807) is 6.92 Å². The summed E-state index contributed by atoms with van der Waals surface area (Å²) in [6, 6.07) is 5.80. The molecule has 2 heteroatoms. The zero-order chi connectivity index (χ0) is 10.0. The number of benzene rings is 1. The predicted octanol–water partition coefficient (Wildman–Crippen LogP) is 3.11. The van der Waals surface area contributed by atoms with Gasteiger partial charge >= 0.3 is 0 Å². The van der Waals surface area contributed by atoms with Gasteiger partial charge < -0.3 is 0 Å². The lowest BCUT2D eigenvalue weighted by Gasteiger charge is -2.09. The maximum atomic E-state index is 11.7. The summed E-state index contributed by atoms with van der Waals surface area (Å²) in [6.07, 6.45) is 0. The minimum Gasteiger partial charge on any atom is -0.293 e. The van der Waals surface area contributed by atoms with Gasteiger partial charge in [0, 0.05) is 5.56 Å². The van der Waals surface area contributed by atoms with Gasteiger partial charge in [0.2, 0.25) is 0 Å². The van der Waals surface area contributed by atoms with E-state index >= 15 is 0 Å². The minimum absolute atomic E-state index is 0.0114. The molecular formula is C11H13ClO. The standard InChI is InChI=1S/C11H13ClO/c1-7-5-4-6-8(2)10(7)11(13)9(3)12/h4-6,9H,1-3H3. The molecule has 0 radical (unpaired) electrons. The van der Waals surface area contributed by atoms with E-state index in [4.69, 9.17) is 11.6 Å². The normalized spacial score (nSPS) is 12.6. The predicted molar refractivity (Wildman–Crippen MR) is 55.6 cm³/mol. The van der Waals surface area contributed by atoms with Crippen molar-refractivity contribution >= 4 is 17.4 Å². The highest BCUT2D eigenvalue weighted by atomic mass is 35.5. The first-order valence-electron chi connectivity index (χ1n) is 4.28. The molecule has 13 heavy (non-hydrogen) atoms. The molecule has 0 saturated carbocycles. The van der Waals surface area contributed by atoms with Gasteiger partial charge in [-0.15, -0.1) is 11.6 Å². The Balaban J connectivity index is 3.20. The van der Waals surface area contributed by atoms with Gasteiger partial charge in [0.25, 0.3) is 0 Å². The van der Waals surface area contributed by atoms with Crippen LogP contribution in [0.5, 0.6) is 0 Å². The van der Waals surface area contributed by atoms with Crippen molar-refractivity contribution < 1.29 is 4.79 Å². The Labute approximate surface area is 83.7 Å². The lowest BCUT2D eigenvalue weighted by Crippen LogP contribution is -2.13. The molecule has 0 fully saturated rings. The van der Waals surface area contributed by atoms with E-state index in [-0.39, 0.29) is 5.78 Å². The van der Waals surface area contributed by atoms with Crippen LogP contribution in [0.2, 0.25) is 0 Å². The zero-order valence-corrected chi connectivity index (χ0v) is 8.85. The molecule has 1 aromatic carbocycles. The summed E-state index contributed by atoms with van der Waals surface area (Å²) in [5, 5.41) is -0.445. The Morgan fingerprint density at radius 3 is 2.15 bits per heavy atom. The van der Waals surface area contributed by atoms with Crippen LogP contribution in [0.3, 0.4) is 0 Å². The number of carbonyl (C=O) groups excluding carboxylic acids is 1. The lowest BCUT2D eigenvalue weighted by molar-refractivity contribution is 0.0990. The fraction of sp³-hybridized carbons (Fsp3) is 0.364. The van der Waals surface area contributed by atoms with Crippen LogP contribution in [0, 0.1) is 13.8 Å². The number of ketones is 1. The first-order valence-corrected chi connectivity index (χ1v) is 4.72. The number of carbonyl (C=O) groups is 1. The molecule has 1 aromatic rings. The highest BCUT2D eigenvalue weighted by Crippen LogP contribution is 2.17. The van der Waals surface area contributed by atoms with Crippen LogP contribution >= 0.6 is 11.6 Å². The van der Waals surface area contributed by atoms with Gasteiger partial charge in [-0.3, -0.25) is 4.79 Å². The molecule has 0 bridgehead atoms. The first kappa shape index (κ1) is 10.3. The molecule has 70 valence electrons. The molecular weight excluding hydrogens is 184 g/mol. The summed E-state index contributed by atoms with van der Waals surface area (Å²) in [5.41, 5.74) is 2.76. The van der Waals surface area contributed by atoms with Gasteiger partial charge in [-0.1, -0.05) is 18.2 Å². The van der Waals surface area contributed by atoms with Gasteiger partial charge in [-0.25, -0.2) is 0 Å². The molecule has 0 aliphatic carbocycles. The van der Waals surface area contributed by atoms with E-state index in [2.05, 4.69) is 0 Å². The molecule has 1 rings (SSSR count). The summed E-state index contributed by atoms with van der Waals surface area (Å²) in [5.74, 6) is 0.0114. The molecule has 0 aliphatic rings. The third kappa shape index (κ3) is 2.10. The molecule has 0 aromatic heterocycles. The third-order valence-electron chi connectivity index (χ3n) is 2.09. The maximum absolute atomic E-state index is 11.7. The quantitative estimate of drug-likeness (QED) is 0.525. The molecule has 0 amide bonds. The van der Waals surface area contributed by atoms with Crippen molar-refractivity contribution in [3.8, 4) is 0 Å². The van der Waals surface area contributed by atoms with Crippen LogP contribution in [0.15, 0.2) is 18.2 Å². The second-order valence-electron chi connectivity index (χ2n) is 3.25. The summed E-state index contributed by atoms with van der Waals surface area (Å²) < 4.78 is 0. The molecule has 0 saturated heterocycles. The van der Waals surface area contributed by atoms with Crippen LogP contribution in [0.25, 0.3) is 0 Å². The largest absolute Gasteiger partial charge is 0.293 e. The molecule has 0 spiro atoms. The number of hydrogen-bond donors (Lipinski definition) is 0. The molecule has 1 nitrogen and oxygen atoms in total. The summed E-state index contributed by atoms with van der Waals surface area (Å²) in [4.78, 5) is 11.7. The molecule has 0 N–H and O–H groups in total. The number of rotatable bonds is 2. The second-order valence-corrected chi connectivity index (χ2v) is 3.90. The fourth-order valence-corrected chi connectivity index (χ4v) is 1.51. The minimum atomic E-state index is -0.445. The van der Waals surface area contributed by atoms with Gasteiger partial charge in [0.15, 0.2) is 5.78 Å². The SMILES string of the molecule is Cc1cccc(C)c1C(=O)C(C)Cl. The van der Waals surface area contributed by atoms with Gasteiger partial charge in [-0.05, 0) is 31.9 Å². The Kier molecular flexibility index (Phi) is 3.10. The number of hydrogen-bond acceptors (Lipinski definition) is 1. The highest BCUT2D eigenvalue weighted by Gasteiger charge is 2.16. The average Bonchev–Trinajstić information content (AvgIpc) is 2.03. The van der Waals surface area contributed by atoms with Crippen molar-refractivity contribution in [3.05, 3.63) is 34.9 Å². The van der Waals surface area contributed by atoms with Crippen molar-refractivity contribution in [2.24, 2.45) is 0 Å². The highest BCUT2D eigenvalue weighted by molar-refractivity contribution is 6.33. The van der Waals surface area contributed by atoms with Crippen LogP contribution in [0.4, 0.5) is 0 Å². The number of halogens is 1. The van der Waals surface area contributed by atoms with E-state index in [0.717, 1.165) is 16.7 Å².